The average molecular weight is 505 g/mol. The monoisotopic (exact) mass is 504 g/mol. The zero-order valence-corrected chi connectivity index (χ0v) is 21.2. The first kappa shape index (κ1) is 26.7. The van der Waals surface area contributed by atoms with Crippen LogP contribution < -0.4 is 4.74 Å². The molecule has 0 unspecified atom stereocenters. The number of halogens is 4. The van der Waals surface area contributed by atoms with E-state index in [1.54, 1.807) is 25.1 Å². The van der Waals surface area contributed by atoms with Gasteiger partial charge in [-0.3, -0.25) is 0 Å². The molecule has 0 bridgehead atoms. The van der Waals surface area contributed by atoms with Crippen LogP contribution >= 0.6 is 0 Å². The van der Waals surface area contributed by atoms with E-state index < -0.39 is 23.3 Å². The summed E-state index contributed by atoms with van der Waals surface area (Å²) in [6.07, 6.45) is 10.4. The second-order valence-electron chi connectivity index (χ2n) is 10.1. The van der Waals surface area contributed by atoms with Gasteiger partial charge in [0.15, 0.2) is 23.2 Å². The van der Waals surface area contributed by atoms with Crippen LogP contribution in [0.25, 0.3) is 0 Å². The Morgan fingerprint density at radius 2 is 1.33 bits per heavy atom. The molecule has 2 fully saturated rings. The minimum atomic E-state index is -0.945. The zero-order valence-electron chi connectivity index (χ0n) is 21.2. The van der Waals surface area contributed by atoms with Crippen molar-refractivity contribution in [1.82, 2.24) is 0 Å². The van der Waals surface area contributed by atoms with Crippen LogP contribution in [0, 0.1) is 29.2 Å². The summed E-state index contributed by atoms with van der Waals surface area (Å²) in [5, 5.41) is 0. The minimum Gasteiger partial charge on any atom is -0.491 e. The molecule has 2 aliphatic rings. The summed E-state index contributed by atoms with van der Waals surface area (Å²) >= 11 is 0. The Bertz CT molecular complexity index is 1050. The van der Waals surface area contributed by atoms with E-state index in [0.717, 1.165) is 25.7 Å². The predicted molar refractivity (Wildman–Crippen MR) is 133 cm³/mol. The van der Waals surface area contributed by atoms with E-state index in [1.807, 2.05) is 6.92 Å². The minimum absolute atomic E-state index is 0.00154. The third kappa shape index (κ3) is 5.96. The third-order valence-corrected chi connectivity index (χ3v) is 7.83. The van der Waals surface area contributed by atoms with Crippen LogP contribution in [0.5, 0.6) is 5.75 Å². The van der Waals surface area contributed by atoms with Gasteiger partial charge in [0, 0.05) is 5.56 Å². The highest BCUT2D eigenvalue weighted by atomic mass is 19.2. The van der Waals surface area contributed by atoms with Gasteiger partial charge in [0.25, 0.3) is 0 Å². The molecule has 0 amide bonds. The highest BCUT2D eigenvalue weighted by molar-refractivity contribution is 5.33. The van der Waals surface area contributed by atoms with Gasteiger partial charge in [-0.05, 0) is 100 Å². The third-order valence-electron chi connectivity index (χ3n) is 7.83. The molecule has 196 valence electrons. The largest absolute Gasteiger partial charge is 0.491 e. The van der Waals surface area contributed by atoms with Crippen LogP contribution in [-0.2, 0) is 11.3 Å². The van der Waals surface area contributed by atoms with E-state index in [0.29, 0.717) is 42.7 Å². The van der Waals surface area contributed by atoms with Gasteiger partial charge in [0.2, 0.25) is 5.82 Å². The number of rotatable bonds is 8. The number of hydrogen-bond acceptors (Lipinski definition) is 2. The number of benzene rings is 2. The maximum Gasteiger partial charge on any atom is 0.200 e. The molecular formula is C30H36F4O2. The van der Waals surface area contributed by atoms with Crippen molar-refractivity contribution in [3.05, 3.63) is 76.4 Å². The Morgan fingerprint density at radius 1 is 0.750 bits per heavy atom. The first-order valence-corrected chi connectivity index (χ1v) is 13.2. The van der Waals surface area contributed by atoms with Crippen LogP contribution in [0.2, 0.25) is 0 Å². The van der Waals surface area contributed by atoms with Gasteiger partial charge in [0.05, 0.1) is 19.3 Å². The maximum atomic E-state index is 14.9. The smallest absolute Gasteiger partial charge is 0.200 e. The van der Waals surface area contributed by atoms with Crippen molar-refractivity contribution in [2.24, 2.45) is 5.92 Å². The van der Waals surface area contributed by atoms with Gasteiger partial charge in [-0.2, -0.15) is 4.39 Å². The van der Waals surface area contributed by atoms with Crippen molar-refractivity contribution in [2.45, 2.75) is 89.8 Å². The molecule has 0 aliphatic heterocycles. The van der Waals surface area contributed by atoms with Crippen molar-refractivity contribution >= 4 is 0 Å². The second-order valence-corrected chi connectivity index (χ2v) is 10.1. The fourth-order valence-corrected chi connectivity index (χ4v) is 5.80. The normalized spacial score (nSPS) is 24.8. The van der Waals surface area contributed by atoms with Crippen molar-refractivity contribution in [2.75, 3.05) is 6.61 Å². The number of allylic oxidation sites excluding steroid dienone is 2. The molecule has 0 spiro atoms. The molecule has 0 heterocycles. The first-order valence-electron chi connectivity index (χ1n) is 13.2. The van der Waals surface area contributed by atoms with Gasteiger partial charge in [-0.25, -0.2) is 13.2 Å². The number of ether oxygens (including phenoxy) is 2. The Hall–Kier alpha value is -2.34. The van der Waals surface area contributed by atoms with Crippen LogP contribution in [0.15, 0.2) is 36.4 Å². The number of hydrogen-bond donors (Lipinski definition) is 0. The summed E-state index contributed by atoms with van der Waals surface area (Å²) in [6, 6.07) is 6.45. The SMILES string of the molecule is C/C=C/C1CCC(c2ccc(COC3CCC(c4ccc(OCC)c(F)c4F)CC3)c(F)c2F)CC1. The van der Waals surface area contributed by atoms with E-state index in [4.69, 9.17) is 9.47 Å². The molecule has 6 heteroatoms. The lowest BCUT2D eigenvalue weighted by Crippen LogP contribution is -2.22. The zero-order chi connectivity index (χ0) is 25.7. The van der Waals surface area contributed by atoms with Gasteiger partial charge < -0.3 is 9.47 Å². The molecule has 0 atom stereocenters. The van der Waals surface area contributed by atoms with Crippen LogP contribution in [0.3, 0.4) is 0 Å². The molecule has 2 aliphatic carbocycles. The maximum absolute atomic E-state index is 14.9. The van der Waals surface area contributed by atoms with Crippen molar-refractivity contribution in [1.29, 1.82) is 0 Å². The summed E-state index contributed by atoms with van der Waals surface area (Å²) in [7, 11) is 0. The van der Waals surface area contributed by atoms with Gasteiger partial charge >= 0.3 is 0 Å². The molecule has 0 aromatic heterocycles. The standard InChI is InChI=1S/C30H36F4O2/c1-3-5-19-6-8-20(9-7-19)24-15-12-22(27(31)28(24)32)18-36-23-13-10-21(11-14-23)25-16-17-26(35-4-2)30(34)29(25)33/h3,5,12,15-17,19-21,23H,4,6-11,13-14,18H2,1-2H3/b5-3+. The van der Waals surface area contributed by atoms with E-state index in [9.17, 15) is 17.6 Å². The van der Waals surface area contributed by atoms with Crippen molar-refractivity contribution < 1.29 is 27.0 Å². The second kappa shape index (κ2) is 12.3. The van der Waals surface area contributed by atoms with Crippen LogP contribution in [0.4, 0.5) is 17.6 Å². The van der Waals surface area contributed by atoms with Crippen molar-refractivity contribution in [3.63, 3.8) is 0 Å². The molecule has 4 rings (SSSR count). The Labute approximate surface area is 211 Å². The van der Waals surface area contributed by atoms with Gasteiger partial charge in [0.1, 0.15) is 0 Å². The predicted octanol–water partition coefficient (Wildman–Crippen LogP) is 8.73. The highest BCUT2D eigenvalue weighted by Crippen LogP contribution is 2.39. The molecule has 0 radical (unpaired) electrons. The van der Waals surface area contributed by atoms with E-state index >= 15 is 0 Å². The van der Waals surface area contributed by atoms with E-state index in [2.05, 4.69) is 12.2 Å². The van der Waals surface area contributed by atoms with Crippen molar-refractivity contribution in [3.8, 4) is 5.75 Å². The van der Waals surface area contributed by atoms with E-state index in [-0.39, 0.29) is 42.5 Å². The topological polar surface area (TPSA) is 18.5 Å². The molecule has 36 heavy (non-hydrogen) atoms. The summed E-state index contributed by atoms with van der Waals surface area (Å²) < 4.78 is 69.7. The lowest BCUT2D eigenvalue weighted by molar-refractivity contribution is 0.0116. The van der Waals surface area contributed by atoms with E-state index in [1.165, 1.54) is 6.07 Å². The summed E-state index contributed by atoms with van der Waals surface area (Å²) in [4.78, 5) is 0. The summed E-state index contributed by atoms with van der Waals surface area (Å²) in [5.41, 5.74) is 1.05. The highest BCUT2D eigenvalue weighted by Gasteiger charge is 2.28. The Balaban J connectivity index is 1.31. The molecule has 0 saturated heterocycles. The quantitative estimate of drug-likeness (QED) is 0.264. The summed E-state index contributed by atoms with van der Waals surface area (Å²) in [5.74, 6) is -2.95. The fraction of sp³-hybridized carbons (Fsp3) is 0.533. The molecule has 2 aromatic rings. The molecule has 2 aromatic carbocycles. The first-order chi connectivity index (χ1) is 17.4. The molecular weight excluding hydrogens is 468 g/mol. The lowest BCUT2D eigenvalue weighted by Gasteiger charge is -2.29. The van der Waals surface area contributed by atoms with Crippen LogP contribution in [0.1, 0.15) is 93.7 Å². The fourth-order valence-electron chi connectivity index (χ4n) is 5.80. The molecule has 2 saturated carbocycles. The average Bonchev–Trinajstić information content (AvgIpc) is 2.89. The molecule has 2 nitrogen and oxygen atoms in total. The Morgan fingerprint density at radius 3 is 1.94 bits per heavy atom. The Kier molecular flexibility index (Phi) is 9.10. The summed E-state index contributed by atoms with van der Waals surface area (Å²) in [6.45, 7) is 4.00. The van der Waals surface area contributed by atoms with Crippen LogP contribution in [-0.4, -0.2) is 12.7 Å². The molecule has 0 N–H and O–H groups in total. The van der Waals surface area contributed by atoms with Gasteiger partial charge in [-0.1, -0.05) is 30.4 Å². The van der Waals surface area contributed by atoms with Gasteiger partial charge in [-0.15, -0.1) is 0 Å². The lowest BCUT2D eigenvalue weighted by atomic mass is 9.78.